The van der Waals surface area contributed by atoms with E-state index in [4.69, 9.17) is 19.4 Å². The van der Waals surface area contributed by atoms with Gasteiger partial charge in [0.05, 0.1) is 13.2 Å². The van der Waals surface area contributed by atoms with E-state index in [1.54, 1.807) is 7.11 Å². The third-order valence-electron chi connectivity index (χ3n) is 4.91. The fraction of sp³-hybridized carbons (Fsp3) is 0.333. The van der Waals surface area contributed by atoms with E-state index in [0.717, 1.165) is 49.1 Å². The van der Waals surface area contributed by atoms with E-state index >= 15 is 0 Å². The number of amides is 2. The molecule has 2 fully saturated rings. The first-order valence-electron chi connectivity index (χ1n) is 9.70. The maximum absolute atomic E-state index is 12.6. The van der Waals surface area contributed by atoms with E-state index in [-0.39, 0.29) is 12.1 Å². The number of halogens is 3. The van der Waals surface area contributed by atoms with Gasteiger partial charge in [-0.3, -0.25) is 4.90 Å². The van der Waals surface area contributed by atoms with Gasteiger partial charge < -0.3 is 24.8 Å². The van der Waals surface area contributed by atoms with Crippen LogP contribution in [0.3, 0.4) is 0 Å². The van der Waals surface area contributed by atoms with Gasteiger partial charge in [-0.25, -0.2) is 9.59 Å². The lowest BCUT2D eigenvalue weighted by atomic mass is 10.2. The molecule has 2 heterocycles. The Kier molecular flexibility index (Phi) is 7.08. The highest BCUT2D eigenvalue weighted by Gasteiger charge is 2.39. The van der Waals surface area contributed by atoms with Crippen molar-refractivity contribution in [3.8, 4) is 17.2 Å². The predicted octanol–water partition coefficient (Wildman–Crippen LogP) is 3.33. The molecule has 2 aliphatic rings. The first-order valence-corrected chi connectivity index (χ1v) is 9.70. The van der Waals surface area contributed by atoms with E-state index in [2.05, 4.69) is 5.32 Å². The van der Waals surface area contributed by atoms with Gasteiger partial charge in [-0.05, 0) is 48.5 Å². The second-order valence-electron chi connectivity index (χ2n) is 7.02. The monoisotopic (exact) mass is 453 g/mol. The number of anilines is 1. The topological polar surface area (TPSA) is 91.3 Å². The van der Waals surface area contributed by atoms with Crippen molar-refractivity contribution in [2.45, 2.75) is 12.2 Å². The van der Waals surface area contributed by atoms with E-state index in [9.17, 15) is 18.0 Å². The third kappa shape index (κ3) is 5.61. The minimum absolute atomic E-state index is 0.0929. The van der Waals surface area contributed by atoms with Crippen molar-refractivity contribution in [3.05, 3.63) is 48.5 Å². The number of methoxy groups -OCH3 is 1. The van der Waals surface area contributed by atoms with Gasteiger partial charge >= 0.3 is 18.2 Å². The summed E-state index contributed by atoms with van der Waals surface area (Å²) < 4.78 is 42.7. The number of hydrogen-bond acceptors (Lipinski definition) is 5. The van der Waals surface area contributed by atoms with Gasteiger partial charge in [0.2, 0.25) is 0 Å². The Morgan fingerprint density at radius 1 is 1.06 bits per heavy atom. The van der Waals surface area contributed by atoms with Crippen LogP contribution in [0.1, 0.15) is 0 Å². The lowest BCUT2D eigenvalue weighted by molar-refractivity contribution is -0.192. The van der Waals surface area contributed by atoms with Crippen LogP contribution in [-0.2, 0) is 4.79 Å². The van der Waals surface area contributed by atoms with Crippen molar-refractivity contribution in [2.24, 2.45) is 0 Å². The fourth-order valence-electron chi connectivity index (χ4n) is 3.31. The number of nitrogens with one attached hydrogen (secondary N) is 1. The Morgan fingerprint density at radius 2 is 1.59 bits per heavy atom. The van der Waals surface area contributed by atoms with Gasteiger partial charge in [-0.1, -0.05) is 0 Å². The van der Waals surface area contributed by atoms with Crippen LogP contribution in [0.2, 0.25) is 0 Å². The minimum Gasteiger partial charge on any atom is -0.497 e. The number of hydrogen-bond donors (Lipinski definition) is 2. The molecule has 11 heteroatoms. The number of aliphatic carboxylic acids is 1. The van der Waals surface area contributed by atoms with Crippen LogP contribution < -0.4 is 19.7 Å². The molecule has 32 heavy (non-hydrogen) atoms. The van der Waals surface area contributed by atoms with Crippen LogP contribution >= 0.6 is 0 Å². The van der Waals surface area contributed by atoms with Crippen LogP contribution in [0.5, 0.6) is 17.2 Å². The summed E-state index contributed by atoms with van der Waals surface area (Å²) in [5.74, 6) is -0.484. The maximum atomic E-state index is 12.6. The highest BCUT2D eigenvalue weighted by molar-refractivity contribution is 5.94. The van der Waals surface area contributed by atoms with E-state index in [0.29, 0.717) is 0 Å². The molecular formula is C21H22F3N3O5. The van der Waals surface area contributed by atoms with Crippen molar-refractivity contribution in [1.29, 1.82) is 0 Å². The number of carboxylic acid groups (broad SMARTS) is 1. The SMILES string of the molecule is COc1ccc(Oc2ccc(N3C[C@@H]4CNCCN4C3=O)cc2)cc1.O=C(O)C(F)(F)F. The number of ether oxygens (including phenoxy) is 2. The normalized spacial score (nSPS) is 17.9. The molecule has 0 aromatic heterocycles. The summed E-state index contributed by atoms with van der Waals surface area (Å²) in [5.41, 5.74) is 0.904. The molecule has 2 N–H and O–H groups in total. The standard InChI is InChI=1S/C19H21N3O3.C2HF3O2/c1-24-16-6-8-18(9-7-16)25-17-4-2-14(3-5-17)22-13-15-12-20-10-11-21(15)19(22)23;3-2(4,5)1(6)7/h2-9,15,20H,10-13H2,1H3;(H,6,7)/t15-;/m0./s1. The van der Waals surface area contributed by atoms with Gasteiger partial charge in [-0.15, -0.1) is 0 Å². The van der Waals surface area contributed by atoms with Gasteiger partial charge in [0.1, 0.15) is 17.2 Å². The Bertz CT molecular complexity index is 935. The maximum Gasteiger partial charge on any atom is 0.490 e. The van der Waals surface area contributed by atoms with Gasteiger partial charge in [-0.2, -0.15) is 13.2 Å². The summed E-state index contributed by atoms with van der Waals surface area (Å²) in [5, 5.41) is 10.5. The van der Waals surface area contributed by atoms with Crippen molar-refractivity contribution < 1.29 is 37.3 Å². The summed E-state index contributed by atoms with van der Waals surface area (Å²) in [6.45, 7) is 3.23. The fourth-order valence-corrected chi connectivity index (χ4v) is 3.31. The first kappa shape index (κ1) is 23.2. The van der Waals surface area contributed by atoms with Gasteiger partial charge in [0.15, 0.2) is 0 Å². The molecule has 0 bridgehead atoms. The molecule has 2 aliphatic heterocycles. The highest BCUT2D eigenvalue weighted by Crippen LogP contribution is 2.29. The summed E-state index contributed by atoms with van der Waals surface area (Å²) in [4.78, 5) is 25.3. The van der Waals surface area contributed by atoms with Crippen molar-refractivity contribution in [1.82, 2.24) is 10.2 Å². The first-order chi connectivity index (χ1) is 15.2. The summed E-state index contributed by atoms with van der Waals surface area (Å²) in [6.07, 6.45) is -5.08. The minimum atomic E-state index is -5.08. The molecule has 2 aromatic carbocycles. The molecule has 2 saturated heterocycles. The van der Waals surface area contributed by atoms with Crippen molar-refractivity contribution in [2.75, 3.05) is 38.2 Å². The van der Waals surface area contributed by atoms with E-state index in [1.807, 2.05) is 58.3 Å². The number of carboxylic acids is 1. The molecule has 0 spiro atoms. The molecule has 1 atom stereocenters. The molecule has 0 unspecified atom stereocenters. The molecule has 0 saturated carbocycles. The average Bonchev–Trinajstić information content (AvgIpc) is 3.11. The lowest BCUT2D eigenvalue weighted by Crippen LogP contribution is -2.49. The Hall–Kier alpha value is -3.47. The zero-order chi connectivity index (χ0) is 23.3. The van der Waals surface area contributed by atoms with E-state index < -0.39 is 12.1 Å². The van der Waals surface area contributed by atoms with Gasteiger partial charge in [0, 0.05) is 31.9 Å². The van der Waals surface area contributed by atoms with Crippen LogP contribution in [0.25, 0.3) is 0 Å². The van der Waals surface area contributed by atoms with Crippen LogP contribution in [0.15, 0.2) is 48.5 Å². The Labute approximate surface area is 182 Å². The largest absolute Gasteiger partial charge is 0.497 e. The van der Waals surface area contributed by atoms with E-state index in [1.165, 1.54) is 0 Å². The Morgan fingerprint density at radius 3 is 2.09 bits per heavy atom. The smallest absolute Gasteiger partial charge is 0.490 e. The lowest BCUT2D eigenvalue weighted by Gasteiger charge is -2.28. The summed E-state index contributed by atoms with van der Waals surface area (Å²) >= 11 is 0. The number of rotatable bonds is 4. The second-order valence-corrected chi connectivity index (χ2v) is 7.02. The number of carbonyl (C=O) groups excluding carboxylic acids is 1. The number of urea groups is 1. The highest BCUT2D eigenvalue weighted by atomic mass is 19.4. The molecule has 2 amide bonds. The predicted molar refractivity (Wildman–Crippen MR) is 109 cm³/mol. The average molecular weight is 453 g/mol. The number of nitrogens with zero attached hydrogens (tertiary/aromatic N) is 2. The molecule has 4 rings (SSSR count). The number of alkyl halides is 3. The molecular weight excluding hydrogens is 431 g/mol. The quantitative estimate of drug-likeness (QED) is 0.738. The van der Waals surface area contributed by atoms with Crippen molar-refractivity contribution >= 4 is 17.7 Å². The zero-order valence-corrected chi connectivity index (χ0v) is 17.1. The number of piperazine rings is 1. The summed E-state index contributed by atoms with van der Waals surface area (Å²) in [6, 6.07) is 15.4. The number of benzene rings is 2. The third-order valence-corrected chi connectivity index (χ3v) is 4.91. The van der Waals surface area contributed by atoms with Crippen LogP contribution in [0.4, 0.5) is 23.7 Å². The van der Waals surface area contributed by atoms with Crippen LogP contribution in [-0.4, -0.2) is 67.5 Å². The molecule has 2 aromatic rings. The van der Waals surface area contributed by atoms with Crippen molar-refractivity contribution in [3.63, 3.8) is 0 Å². The number of fused-ring (bicyclic) bond motifs is 1. The second kappa shape index (κ2) is 9.77. The molecule has 0 radical (unpaired) electrons. The van der Waals surface area contributed by atoms with Crippen LogP contribution in [0, 0.1) is 0 Å². The summed E-state index contributed by atoms with van der Waals surface area (Å²) in [7, 11) is 1.64. The molecule has 172 valence electrons. The van der Waals surface area contributed by atoms with Gasteiger partial charge in [0.25, 0.3) is 0 Å². The zero-order valence-electron chi connectivity index (χ0n) is 17.1. The number of carbonyl (C=O) groups is 2. The Balaban J connectivity index is 0.000000360. The molecule has 0 aliphatic carbocycles. The molecule has 8 nitrogen and oxygen atoms in total.